The Hall–Kier alpha value is -1.77. The molecule has 0 amide bonds. The van der Waals surface area contributed by atoms with Crippen molar-refractivity contribution in [3.05, 3.63) is 41.3 Å². The highest BCUT2D eigenvalue weighted by atomic mass is 32.2. The van der Waals surface area contributed by atoms with Crippen LogP contribution in [0.5, 0.6) is 0 Å². The fourth-order valence-corrected chi connectivity index (χ4v) is 3.27. The molecule has 0 radical (unpaired) electrons. The Morgan fingerprint density at radius 2 is 2.05 bits per heavy atom. The van der Waals surface area contributed by atoms with Gasteiger partial charge in [-0.05, 0) is 31.5 Å². The fraction of sp³-hybridized carbons (Fsp3) is 0.333. The lowest BCUT2D eigenvalue weighted by Gasteiger charge is -2.13. The van der Waals surface area contributed by atoms with Gasteiger partial charge >= 0.3 is 0 Å². The number of aromatic amines is 1. The molecule has 1 atom stereocenters. The van der Waals surface area contributed by atoms with Gasteiger partial charge in [0.25, 0.3) is 10.0 Å². The van der Waals surface area contributed by atoms with Crippen LogP contribution in [-0.4, -0.2) is 28.7 Å². The summed E-state index contributed by atoms with van der Waals surface area (Å²) in [6, 6.07) is 3.04. The lowest BCUT2D eigenvalue weighted by atomic mass is 10.1. The number of aliphatic hydroxyl groups is 1. The Bertz CT molecular complexity index is 682. The van der Waals surface area contributed by atoms with E-state index in [1.165, 1.54) is 0 Å². The van der Waals surface area contributed by atoms with Crippen LogP contribution in [0.1, 0.15) is 29.8 Å². The molecule has 7 nitrogen and oxygen atoms in total. The first-order valence-electron chi connectivity index (χ1n) is 6.02. The Balaban J connectivity index is 2.28. The third-order valence-corrected chi connectivity index (χ3v) is 4.50. The second-order valence-electron chi connectivity index (χ2n) is 4.41. The van der Waals surface area contributed by atoms with E-state index in [4.69, 9.17) is 0 Å². The third kappa shape index (κ3) is 2.87. The van der Waals surface area contributed by atoms with E-state index in [0.717, 1.165) is 5.56 Å². The zero-order valence-corrected chi connectivity index (χ0v) is 12.0. The van der Waals surface area contributed by atoms with Crippen molar-refractivity contribution in [1.29, 1.82) is 0 Å². The van der Waals surface area contributed by atoms with Crippen LogP contribution in [0.2, 0.25) is 0 Å². The molecular formula is C12H16N4O3S. The molecule has 0 aromatic carbocycles. The summed E-state index contributed by atoms with van der Waals surface area (Å²) in [5.41, 5.74) is 1.60. The van der Waals surface area contributed by atoms with E-state index in [1.807, 2.05) is 0 Å². The van der Waals surface area contributed by atoms with Gasteiger partial charge in [-0.15, -0.1) is 0 Å². The van der Waals surface area contributed by atoms with Crippen molar-refractivity contribution in [3.63, 3.8) is 0 Å². The first-order valence-corrected chi connectivity index (χ1v) is 7.51. The van der Waals surface area contributed by atoms with Gasteiger partial charge in [-0.2, -0.15) is 5.10 Å². The molecule has 2 rings (SSSR count). The van der Waals surface area contributed by atoms with Gasteiger partial charge in [-0.3, -0.25) is 10.1 Å². The van der Waals surface area contributed by atoms with Crippen LogP contribution in [-0.2, 0) is 16.6 Å². The van der Waals surface area contributed by atoms with Crippen LogP contribution in [0.15, 0.2) is 29.6 Å². The van der Waals surface area contributed by atoms with E-state index >= 15 is 0 Å². The van der Waals surface area contributed by atoms with Gasteiger partial charge in [-0.25, -0.2) is 13.1 Å². The molecule has 1 unspecified atom stereocenters. The highest BCUT2D eigenvalue weighted by Gasteiger charge is 2.25. The summed E-state index contributed by atoms with van der Waals surface area (Å²) in [6.07, 6.45) is 3.19. The maximum Gasteiger partial charge on any atom is 0.260 e. The molecular weight excluding hydrogens is 280 g/mol. The van der Waals surface area contributed by atoms with Gasteiger partial charge < -0.3 is 5.11 Å². The van der Waals surface area contributed by atoms with Gasteiger partial charge in [0, 0.05) is 29.7 Å². The summed E-state index contributed by atoms with van der Waals surface area (Å²) >= 11 is 0. The number of nitrogens with zero attached hydrogens (tertiary/aromatic N) is 2. The van der Waals surface area contributed by atoms with Crippen LogP contribution in [0.3, 0.4) is 0 Å². The second-order valence-corrected chi connectivity index (χ2v) is 6.04. The van der Waals surface area contributed by atoms with E-state index in [1.54, 1.807) is 38.4 Å². The first-order chi connectivity index (χ1) is 9.45. The minimum atomic E-state index is -3.80. The van der Waals surface area contributed by atoms with Gasteiger partial charge in [0.05, 0.1) is 6.61 Å². The largest absolute Gasteiger partial charge is 0.392 e. The van der Waals surface area contributed by atoms with Crippen molar-refractivity contribution < 1.29 is 13.5 Å². The molecule has 0 spiro atoms. The fourth-order valence-electron chi connectivity index (χ4n) is 1.85. The van der Waals surface area contributed by atoms with Crippen molar-refractivity contribution in [3.8, 4) is 0 Å². The van der Waals surface area contributed by atoms with E-state index in [2.05, 4.69) is 19.9 Å². The molecule has 2 heterocycles. The first kappa shape index (κ1) is 14.6. The predicted molar refractivity (Wildman–Crippen MR) is 72.2 cm³/mol. The van der Waals surface area contributed by atoms with Crippen LogP contribution < -0.4 is 4.72 Å². The monoisotopic (exact) mass is 296 g/mol. The molecule has 20 heavy (non-hydrogen) atoms. The van der Waals surface area contributed by atoms with E-state index in [9.17, 15) is 13.5 Å². The van der Waals surface area contributed by atoms with Crippen LogP contribution in [0.4, 0.5) is 0 Å². The number of sulfonamides is 1. The molecule has 0 aliphatic heterocycles. The van der Waals surface area contributed by atoms with E-state index in [0.29, 0.717) is 5.69 Å². The average Bonchev–Trinajstić information content (AvgIpc) is 2.81. The normalized spacial score (nSPS) is 13.3. The Kier molecular flexibility index (Phi) is 4.17. The highest BCUT2D eigenvalue weighted by Crippen LogP contribution is 2.19. The van der Waals surface area contributed by atoms with Crippen LogP contribution in [0.25, 0.3) is 0 Å². The number of nitrogens with one attached hydrogen (secondary N) is 2. The molecule has 0 bridgehead atoms. The van der Waals surface area contributed by atoms with E-state index in [-0.39, 0.29) is 17.2 Å². The summed E-state index contributed by atoms with van der Waals surface area (Å²) in [4.78, 5) is 3.89. The maximum atomic E-state index is 12.3. The lowest BCUT2D eigenvalue weighted by molar-refractivity contribution is 0.277. The molecule has 0 fully saturated rings. The topological polar surface area (TPSA) is 108 Å². The quantitative estimate of drug-likeness (QED) is 0.750. The zero-order valence-electron chi connectivity index (χ0n) is 11.2. The molecule has 2 aromatic heterocycles. The molecule has 0 saturated heterocycles. The van der Waals surface area contributed by atoms with Crippen molar-refractivity contribution in [2.24, 2.45) is 0 Å². The summed E-state index contributed by atoms with van der Waals surface area (Å²) in [5.74, 6) is 0. The number of hydrogen-bond donors (Lipinski definition) is 3. The third-order valence-electron chi connectivity index (χ3n) is 2.99. The summed E-state index contributed by atoms with van der Waals surface area (Å²) < 4.78 is 27.1. The van der Waals surface area contributed by atoms with Crippen molar-refractivity contribution in [1.82, 2.24) is 19.9 Å². The van der Waals surface area contributed by atoms with Crippen molar-refractivity contribution in [2.45, 2.75) is 31.5 Å². The highest BCUT2D eigenvalue weighted by molar-refractivity contribution is 7.89. The molecule has 8 heteroatoms. The van der Waals surface area contributed by atoms with Crippen LogP contribution >= 0.6 is 0 Å². The summed E-state index contributed by atoms with van der Waals surface area (Å²) in [7, 11) is -3.80. The van der Waals surface area contributed by atoms with Crippen LogP contribution in [0, 0.1) is 6.92 Å². The predicted octanol–water partition coefficient (Wildman–Crippen LogP) is 0.645. The smallest absolute Gasteiger partial charge is 0.260 e. The Morgan fingerprint density at radius 3 is 2.65 bits per heavy atom. The Morgan fingerprint density at radius 1 is 1.40 bits per heavy atom. The molecule has 108 valence electrons. The van der Waals surface area contributed by atoms with Crippen molar-refractivity contribution >= 4 is 10.0 Å². The summed E-state index contributed by atoms with van der Waals surface area (Å²) in [5, 5.41) is 15.4. The number of aryl methyl sites for hydroxylation is 1. The number of pyridine rings is 1. The number of rotatable bonds is 5. The lowest BCUT2D eigenvalue weighted by Crippen LogP contribution is -2.28. The average molecular weight is 296 g/mol. The zero-order chi connectivity index (χ0) is 14.8. The molecule has 2 aromatic rings. The number of aliphatic hydroxyl groups excluding tert-OH is 1. The number of aromatic nitrogens is 3. The van der Waals surface area contributed by atoms with Crippen molar-refractivity contribution in [2.75, 3.05) is 0 Å². The SMILES string of the molecule is Cc1[nH]nc(S(=O)(=O)NC(C)c2ccncc2)c1CO. The standard InChI is InChI=1S/C12H16N4O3S/c1-8(10-3-5-13-6-4-10)16-20(18,19)12-11(7-17)9(2)14-15-12/h3-6,8,16-17H,7H2,1-2H3,(H,14,15). The van der Waals surface area contributed by atoms with Gasteiger partial charge in [-0.1, -0.05) is 0 Å². The Labute approximate surface area is 117 Å². The maximum absolute atomic E-state index is 12.3. The van der Waals surface area contributed by atoms with Gasteiger partial charge in [0.15, 0.2) is 5.03 Å². The number of hydrogen-bond acceptors (Lipinski definition) is 5. The minimum Gasteiger partial charge on any atom is -0.392 e. The van der Waals surface area contributed by atoms with Gasteiger partial charge in [0.2, 0.25) is 0 Å². The summed E-state index contributed by atoms with van der Waals surface area (Å²) in [6.45, 7) is 3.00. The minimum absolute atomic E-state index is 0.168. The molecule has 0 saturated carbocycles. The molecule has 0 aliphatic carbocycles. The number of H-pyrrole nitrogens is 1. The second kappa shape index (κ2) is 5.70. The molecule has 3 N–H and O–H groups in total. The van der Waals surface area contributed by atoms with Gasteiger partial charge in [0.1, 0.15) is 0 Å². The molecule has 0 aliphatic rings. The van der Waals surface area contributed by atoms with E-state index < -0.39 is 16.1 Å².